The van der Waals surface area contributed by atoms with E-state index in [1.165, 1.54) is 24.6 Å². The Bertz CT molecular complexity index is 819. The maximum atomic E-state index is 13.4. The Kier molecular flexibility index (Phi) is 5.91. The van der Waals surface area contributed by atoms with Gasteiger partial charge in [0, 0.05) is 37.6 Å². The van der Waals surface area contributed by atoms with Crippen molar-refractivity contribution in [2.45, 2.75) is 32.2 Å². The highest BCUT2D eigenvalue weighted by Crippen LogP contribution is 2.25. The molecule has 2 aliphatic heterocycles. The third-order valence-corrected chi connectivity index (χ3v) is 5.76. The van der Waals surface area contributed by atoms with Crippen molar-refractivity contribution in [1.82, 2.24) is 4.90 Å². The van der Waals surface area contributed by atoms with E-state index in [4.69, 9.17) is 0 Å². The molecule has 0 radical (unpaired) electrons. The normalized spacial score (nSPS) is 20.3. The molecule has 0 aromatic heterocycles. The highest BCUT2D eigenvalue weighted by Gasteiger charge is 2.26. The molecule has 0 aliphatic carbocycles. The Hall–Kier alpha value is -2.40. The molecule has 2 heterocycles. The van der Waals surface area contributed by atoms with Gasteiger partial charge < -0.3 is 10.2 Å². The van der Waals surface area contributed by atoms with Gasteiger partial charge in [-0.1, -0.05) is 18.2 Å². The zero-order valence-electron chi connectivity index (χ0n) is 16.2. The van der Waals surface area contributed by atoms with Crippen LogP contribution in [0.3, 0.4) is 0 Å². The van der Waals surface area contributed by atoms with E-state index in [0.29, 0.717) is 13.1 Å². The molecular weight excluding hydrogens is 353 g/mol. The first kappa shape index (κ1) is 18.9. The van der Waals surface area contributed by atoms with Gasteiger partial charge in [-0.05, 0) is 68.1 Å². The molecule has 4 nitrogen and oxygen atoms in total. The standard InChI is InChI=1S/C23H28FN3O/c24-20-8-3-6-18(14-20)16-26-11-5-7-19(17-26)23(28)25-21-9-4-10-22(15-21)27-12-1-2-13-27/h3-4,6,8-10,14-15,19H,1-2,5,7,11-13,16-17H2,(H,25,28). The number of rotatable bonds is 5. The molecule has 0 bridgehead atoms. The van der Waals surface area contributed by atoms with Gasteiger partial charge >= 0.3 is 0 Å². The zero-order valence-corrected chi connectivity index (χ0v) is 16.2. The summed E-state index contributed by atoms with van der Waals surface area (Å²) < 4.78 is 13.4. The minimum Gasteiger partial charge on any atom is -0.371 e. The van der Waals surface area contributed by atoms with Gasteiger partial charge in [0.1, 0.15) is 5.82 Å². The van der Waals surface area contributed by atoms with Gasteiger partial charge in [-0.3, -0.25) is 9.69 Å². The van der Waals surface area contributed by atoms with Crippen molar-refractivity contribution in [3.8, 4) is 0 Å². The van der Waals surface area contributed by atoms with Crippen LogP contribution in [0.4, 0.5) is 15.8 Å². The van der Waals surface area contributed by atoms with Crippen LogP contribution in [0.1, 0.15) is 31.2 Å². The average Bonchev–Trinajstić information content (AvgIpc) is 3.23. The number of nitrogens with one attached hydrogen (secondary N) is 1. The van der Waals surface area contributed by atoms with Gasteiger partial charge in [0.05, 0.1) is 5.92 Å². The van der Waals surface area contributed by atoms with Crippen molar-refractivity contribution in [2.75, 3.05) is 36.4 Å². The van der Waals surface area contributed by atoms with Crippen LogP contribution in [-0.2, 0) is 11.3 Å². The number of anilines is 2. The van der Waals surface area contributed by atoms with E-state index in [1.807, 2.05) is 18.2 Å². The second-order valence-corrected chi connectivity index (χ2v) is 7.94. The van der Waals surface area contributed by atoms with Gasteiger partial charge in [-0.25, -0.2) is 4.39 Å². The van der Waals surface area contributed by atoms with E-state index < -0.39 is 0 Å². The van der Waals surface area contributed by atoms with Gasteiger partial charge in [0.25, 0.3) is 0 Å². The van der Waals surface area contributed by atoms with Gasteiger partial charge in [0.15, 0.2) is 0 Å². The van der Waals surface area contributed by atoms with Gasteiger partial charge in [-0.2, -0.15) is 0 Å². The molecule has 0 spiro atoms. The van der Waals surface area contributed by atoms with Gasteiger partial charge in [0.2, 0.25) is 5.91 Å². The number of amides is 1. The lowest BCUT2D eigenvalue weighted by atomic mass is 9.96. The molecule has 2 saturated heterocycles. The number of hydrogen-bond acceptors (Lipinski definition) is 3. The van der Waals surface area contributed by atoms with E-state index in [0.717, 1.165) is 43.7 Å². The molecule has 1 atom stereocenters. The minimum absolute atomic E-state index is 0.0299. The van der Waals surface area contributed by atoms with Crippen LogP contribution in [-0.4, -0.2) is 37.0 Å². The summed E-state index contributed by atoms with van der Waals surface area (Å²) in [5, 5.41) is 3.12. The Labute approximate surface area is 166 Å². The van der Waals surface area contributed by atoms with E-state index in [9.17, 15) is 9.18 Å². The van der Waals surface area contributed by atoms with Crippen LogP contribution in [0.25, 0.3) is 0 Å². The van der Waals surface area contributed by atoms with Crippen LogP contribution in [0.15, 0.2) is 48.5 Å². The molecule has 148 valence electrons. The minimum atomic E-state index is -0.207. The Morgan fingerprint density at radius 1 is 1.04 bits per heavy atom. The van der Waals surface area contributed by atoms with Crippen molar-refractivity contribution >= 4 is 17.3 Å². The lowest BCUT2D eigenvalue weighted by molar-refractivity contribution is -0.121. The second kappa shape index (κ2) is 8.74. The fourth-order valence-electron chi connectivity index (χ4n) is 4.31. The second-order valence-electron chi connectivity index (χ2n) is 7.94. The first-order valence-electron chi connectivity index (χ1n) is 10.3. The molecule has 2 aromatic carbocycles. The first-order valence-corrected chi connectivity index (χ1v) is 10.3. The van der Waals surface area contributed by atoms with Crippen LogP contribution in [0, 0.1) is 11.7 Å². The number of benzene rings is 2. The SMILES string of the molecule is O=C(Nc1cccc(N2CCCC2)c1)C1CCCN(Cc2cccc(F)c2)C1. The molecule has 2 aliphatic rings. The molecule has 4 rings (SSSR count). The number of piperidine rings is 1. The summed E-state index contributed by atoms with van der Waals surface area (Å²) in [4.78, 5) is 17.5. The number of hydrogen-bond donors (Lipinski definition) is 1. The largest absolute Gasteiger partial charge is 0.371 e. The lowest BCUT2D eigenvalue weighted by Gasteiger charge is -2.32. The number of carbonyl (C=O) groups is 1. The Morgan fingerprint density at radius 2 is 1.86 bits per heavy atom. The summed E-state index contributed by atoms with van der Waals surface area (Å²) in [6, 6.07) is 14.9. The molecule has 0 saturated carbocycles. The van der Waals surface area contributed by atoms with E-state index >= 15 is 0 Å². The average molecular weight is 381 g/mol. The Morgan fingerprint density at radius 3 is 2.68 bits per heavy atom. The highest BCUT2D eigenvalue weighted by atomic mass is 19.1. The maximum absolute atomic E-state index is 13.4. The summed E-state index contributed by atoms with van der Waals surface area (Å²) in [6.07, 6.45) is 4.36. The van der Waals surface area contributed by atoms with E-state index in [1.54, 1.807) is 12.1 Å². The summed E-state index contributed by atoms with van der Waals surface area (Å²) in [7, 11) is 0. The molecular formula is C23H28FN3O. The highest BCUT2D eigenvalue weighted by molar-refractivity contribution is 5.93. The fraction of sp³-hybridized carbons (Fsp3) is 0.435. The van der Waals surface area contributed by atoms with Crippen LogP contribution < -0.4 is 10.2 Å². The zero-order chi connectivity index (χ0) is 19.3. The number of likely N-dealkylation sites (tertiary alicyclic amines) is 1. The van der Waals surface area contributed by atoms with Crippen LogP contribution >= 0.6 is 0 Å². The number of carbonyl (C=O) groups excluding carboxylic acids is 1. The Balaban J connectivity index is 1.36. The molecule has 28 heavy (non-hydrogen) atoms. The first-order chi connectivity index (χ1) is 13.7. The third-order valence-electron chi connectivity index (χ3n) is 5.76. The predicted molar refractivity (Wildman–Crippen MR) is 111 cm³/mol. The topological polar surface area (TPSA) is 35.6 Å². The monoisotopic (exact) mass is 381 g/mol. The summed E-state index contributed by atoms with van der Waals surface area (Å²) in [6.45, 7) is 4.54. The van der Waals surface area contributed by atoms with Crippen molar-refractivity contribution in [1.29, 1.82) is 0 Å². The molecule has 1 unspecified atom stereocenters. The van der Waals surface area contributed by atoms with E-state index in [-0.39, 0.29) is 17.6 Å². The van der Waals surface area contributed by atoms with E-state index in [2.05, 4.69) is 27.2 Å². The van der Waals surface area contributed by atoms with Crippen LogP contribution in [0.5, 0.6) is 0 Å². The third kappa shape index (κ3) is 4.71. The van der Waals surface area contributed by atoms with Crippen molar-refractivity contribution in [3.05, 3.63) is 59.9 Å². The molecule has 1 amide bonds. The number of nitrogens with zero attached hydrogens (tertiary/aromatic N) is 2. The van der Waals surface area contributed by atoms with Crippen molar-refractivity contribution in [2.24, 2.45) is 5.92 Å². The number of halogens is 1. The van der Waals surface area contributed by atoms with Crippen LogP contribution in [0.2, 0.25) is 0 Å². The summed E-state index contributed by atoms with van der Waals surface area (Å²) in [5.41, 5.74) is 3.02. The molecule has 2 fully saturated rings. The predicted octanol–water partition coefficient (Wildman–Crippen LogP) is 4.28. The molecule has 1 N–H and O–H groups in total. The lowest BCUT2D eigenvalue weighted by Crippen LogP contribution is -2.40. The molecule has 5 heteroatoms. The van der Waals surface area contributed by atoms with Crippen molar-refractivity contribution < 1.29 is 9.18 Å². The smallest absolute Gasteiger partial charge is 0.228 e. The quantitative estimate of drug-likeness (QED) is 0.840. The fourth-order valence-corrected chi connectivity index (χ4v) is 4.31. The maximum Gasteiger partial charge on any atom is 0.228 e. The summed E-state index contributed by atoms with van der Waals surface area (Å²) >= 11 is 0. The summed E-state index contributed by atoms with van der Waals surface area (Å²) in [5.74, 6) is -0.151. The molecule has 2 aromatic rings. The van der Waals surface area contributed by atoms with Gasteiger partial charge in [-0.15, -0.1) is 0 Å². The van der Waals surface area contributed by atoms with Crippen molar-refractivity contribution in [3.63, 3.8) is 0 Å².